The molecule has 1 amide bonds. The maximum absolute atomic E-state index is 12.6. The fraction of sp³-hybridized carbons (Fsp3) is 0.333. The van der Waals surface area contributed by atoms with E-state index in [4.69, 9.17) is 5.73 Å². The molecule has 2 rings (SSSR count). The number of hydrogen-bond donors (Lipinski definition) is 2. The Morgan fingerprint density at radius 2 is 2.29 bits per heavy atom. The maximum Gasteiger partial charge on any atom is 0.245 e. The van der Waals surface area contributed by atoms with Gasteiger partial charge < -0.3 is 11.1 Å². The van der Waals surface area contributed by atoms with E-state index < -0.39 is 11.5 Å². The summed E-state index contributed by atoms with van der Waals surface area (Å²) in [6, 6.07) is 4.21. The molecule has 1 aliphatic rings. The molecule has 14 heavy (non-hydrogen) atoms. The second-order valence-corrected chi connectivity index (χ2v) is 3.46. The molecule has 1 aliphatic carbocycles. The van der Waals surface area contributed by atoms with E-state index in [-0.39, 0.29) is 11.7 Å². The second kappa shape index (κ2) is 3.02. The van der Waals surface area contributed by atoms with Crippen LogP contribution < -0.4 is 11.1 Å². The second-order valence-electron chi connectivity index (χ2n) is 3.46. The molecule has 3 N–H and O–H groups in total. The molecule has 0 aromatic carbocycles. The average Bonchev–Trinajstić information content (AvgIpc) is 2.85. The highest BCUT2D eigenvalue weighted by molar-refractivity contribution is 5.99. The zero-order valence-corrected chi connectivity index (χ0v) is 7.46. The molecule has 0 radical (unpaired) electrons. The fourth-order valence-corrected chi connectivity index (χ4v) is 1.08. The lowest BCUT2D eigenvalue weighted by Crippen LogP contribution is -2.38. The van der Waals surface area contributed by atoms with Crippen LogP contribution in [0, 0.1) is 5.95 Å². The first-order valence-electron chi connectivity index (χ1n) is 4.33. The summed E-state index contributed by atoms with van der Waals surface area (Å²) in [5, 5.41) is 2.47. The molecule has 0 aliphatic heterocycles. The van der Waals surface area contributed by atoms with E-state index in [1.807, 2.05) is 0 Å². The molecule has 1 aromatic heterocycles. The zero-order valence-electron chi connectivity index (χ0n) is 7.46. The SMILES string of the molecule is NC1(C(=O)Nc2cccc(F)n2)CC1. The summed E-state index contributed by atoms with van der Waals surface area (Å²) in [4.78, 5) is 14.9. The van der Waals surface area contributed by atoms with Crippen LogP contribution in [0.25, 0.3) is 0 Å². The minimum atomic E-state index is -0.756. The molecule has 5 heteroatoms. The molecule has 1 heterocycles. The van der Waals surface area contributed by atoms with Gasteiger partial charge in [-0.15, -0.1) is 0 Å². The largest absolute Gasteiger partial charge is 0.317 e. The van der Waals surface area contributed by atoms with Gasteiger partial charge in [0.1, 0.15) is 5.82 Å². The molecule has 1 fully saturated rings. The van der Waals surface area contributed by atoms with Crippen molar-refractivity contribution in [2.45, 2.75) is 18.4 Å². The van der Waals surface area contributed by atoms with Gasteiger partial charge in [0.05, 0.1) is 5.54 Å². The van der Waals surface area contributed by atoms with E-state index in [0.29, 0.717) is 12.8 Å². The fourth-order valence-electron chi connectivity index (χ4n) is 1.08. The number of aromatic nitrogens is 1. The van der Waals surface area contributed by atoms with Crippen LogP contribution in [0.4, 0.5) is 10.2 Å². The van der Waals surface area contributed by atoms with Gasteiger partial charge in [-0.25, -0.2) is 4.98 Å². The standard InChI is InChI=1S/C9H10FN3O/c10-6-2-1-3-7(12-6)13-8(14)9(11)4-5-9/h1-3H,4-5,11H2,(H,12,13,14). The monoisotopic (exact) mass is 195 g/mol. The summed E-state index contributed by atoms with van der Waals surface area (Å²) in [7, 11) is 0. The quantitative estimate of drug-likeness (QED) is 0.681. The van der Waals surface area contributed by atoms with Crippen molar-refractivity contribution in [3.05, 3.63) is 24.1 Å². The van der Waals surface area contributed by atoms with Crippen molar-refractivity contribution in [3.8, 4) is 0 Å². The Morgan fingerprint density at radius 3 is 2.86 bits per heavy atom. The van der Waals surface area contributed by atoms with Gasteiger partial charge in [-0.05, 0) is 25.0 Å². The highest BCUT2D eigenvalue weighted by Crippen LogP contribution is 2.33. The number of nitrogens with two attached hydrogens (primary N) is 1. The lowest BCUT2D eigenvalue weighted by Gasteiger charge is -2.08. The number of hydrogen-bond acceptors (Lipinski definition) is 3. The molecule has 0 spiro atoms. The first kappa shape index (κ1) is 9.08. The van der Waals surface area contributed by atoms with Gasteiger partial charge in [0, 0.05) is 0 Å². The molecule has 1 aromatic rings. The van der Waals surface area contributed by atoms with E-state index in [1.165, 1.54) is 18.2 Å². The normalized spacial score (nSPS) is 17.6. The topological polar surface area (TPSA) is 68.0 Å². The predicted molar refractivity (Wildman–Crippen MR) is 49.0 cm³/mol. The van der Waals surface area contributed by atoms with Crippen molar-refractivity contribution in [1.29, 1.82) is 0 Å². The summed E-state index contributed by atoms with van der Waals surface area (Å²) in [6.07, 6.45) is 1.35. The molecule has 0 saturated heterocycles. The lowest BCUT2D eigenvalue weighted by molar-refractivity contribution is -0.118. The van der Waals surface area contributed by atoms with Crippen LogP contribution in [0.15, 0.2) is 18.2 Å². The number of carbonyl (C=O) groups is 1. The zero-order chi connectivity index (χ0) is 10.2. The number of nitrogens with one attached hydrogen (secondary N) is 1. The van der Waals surface area contributed by atoms with Crippen LogP contribution in [0.5, 0.6) is 0 Å². The van der Waals surface area contributed by atoms with Gasteiger partial charge in [0.25, 0.3) is 0 Å². The van der Waals surface area contributed by atoms with Gasteiger partial charge >= 0.3 is 0 Å². The van der Waals surface area contributed by atoms with Crippen LogP contribution in [0.1, 0.15) is 12.8 Å². The molecule has 74 valence electrons. The highest BCUT2D eigenvalue weighted by atomic mass is 19.1. The van der Waals surface area contributed by atoms with Gasteiger partial charge in [0.2, 0.25) is 11.9 Å². The summed E-state index contributed by atoms with van der Waals surface area (Å²) in [5.74, 6) is -0.716. The Balaban J connectivity index is 2.07. The van der Waals surface area contributed by atoms with Crippen molar-refractivity contribution in [1.82, 2.24) is 4.98 Å². The summed E-state index contributed by atoms with van der Waals surface area (Å²) >= 11 is 0. The third-order valence-corrected chi connectivity index (χ3v) is 2.20. The summed E-state index contributed by atoms with van der Waals surface area (Å²) < 4.78 is 12.6. The third kappa shape index (κ3) is 1.72. The Morgan fingerprint density at radius 1 is 1.57 bits per heavy atom. The molecule has 4 nitrogen and oxygen atoms in total. The number of halogens is 1. The first-order valence-corrected chi connectivity index (χ1v) is 4.33. The third-order valence-electron chi connectivity index (χ3n) is 2.20. The van der Waals surface area contributed by atoms with Gasteiger partial charge in [0.15, 0.2) is 0 Å². The van der Waals surface area contributed by atoms with Gasteiger partial charge in [-0.1, -0.05) is 6.07 Å². The van der Waals surface area contributed by atoms with E-state index in [9.17, 15) is 9.18 Å². The predicted octanol–water partition coefficient (Wildman–Crippen LogP) is 0.650. The molecule has 0 unspecified atom stereocenters. The number of pyridine rings is 1. The lowest BCUT2D eigenvalue weighted by atomic mass is 10.3. The van der Waals surface area contributed by atoms with Gasteiger partial charge in [-0.3, -0.25) is 4.79 Å². The number of nitrogens with zero attached hydrogens (tertiary/aromatic N) is 1. The van der Waals surface area contributed by atoms with Crippen LogP contribution in [-0.4, -0.2) is 16.4 Å². The van der Waals surface area contributed by atoms with E-state index in [1.54, 1.807) is 0 Å². The van der Waals surface area contributed by atoms with Crippen LogP contribution in [0.3, 0.4) is 0 Å². The molecule has 1 saturated carbocycles. The van der Waals surface area contributed by atoms with Crippen molar-refractivity contribution < 1.29 is 9.18 Å². The number of amides is 1. The molecular formula is C9H10FN3O. The Kier molecular flexibility index (Phi) is 1.96. The molecule has 0 bridgehead atoms. The average molecular weight is 195 g/mol. The minimum Gasteiger partial charge on any atom is -0.317 e. The first-order chi connectivity index (χ1) is 6.60. The highest BCUT2D eigenvalue weighted by Gasteiger charge is 2.46. The summed E-state index contributed by atoms with van der Waals surface area (Å²) in [5.41, 5.74) is 4.89. The number of anilines is 1. The van der Waals surface area contributed by atoms with Crippen molar-refractivity contribution in [2.75, 3.05) is 5.32 Å². The Hall–Kier alpha value is -1.49. The summed E-state index contributed by atoms with van der Waals surface area (Å²) in [6.45, 7) is 0. The number of carbonyl (C=O) groups excluding carboxylic acids is 1. The maximum atomic E-state index is 12.6. The van der Waals surface area contributed by atoms with Crippen molar-refractivity contribution in [2.24, 2.45) is 5.73 Å². The minimum absolute atomic E-state index is 0.201. The van der Waals surface area contributed by atoms with Gasteiger partial charge in [-0.2, -0.15) is 4.39 Å². The van der Waals surface area contributed by atoms with Crippen LogP contribution in [0.2, 0.25) is 0 Å². The Labute approximate surface area is 80.3 Å². The number of rotatable bonds is 2. The van der Waals surface area contributed by atoms with Crippen LogP contribution >= 0.6 is 0 Å². The molecular weight excluding hydrogens is 185 g/mol. The van der Waals surface area contributed by atoms with Crippen LogP contribution in [-0.2, 0) is 4.79 Å². The smallest absolute Gasteiger partial charge is 0.245 e. The molecule has 0 atom stereocenters. The van der Waals surface area contributed by atoms with Crippen molar-refractivity contribution >= 4 is 11.7 Å². The Bertz CT molecular complexity index is 376. The van der Waals surface area contributed by atoms with E-state index >= 15 is 0 Å². The van der Waals surface area contributed by atoms with Crippen molar-refractivity contribution in [3.63, 3.8) is 0 Å². The van der Waals surface area contributed by atoms with E-state index in [2.05, 4.69) is 10.3 Å². The van der Waals surface area contributed by atoms with E-state index in [0.717, 1.165) is 0 Å².